The van der Waals surface area contributed by atoms with Gasteiger partial charge in [0.2, 0.25) is 5.91 Å². The molecule has 1 saturated heterocycles. The van der Waals surface area contributed by atoms with Crippen molar-refractivity contribution in [1.29, 1.82) is 0 Å². The molecule has 0 spiro atoms. The van der Waals surface area contributed by atoms with Crippen LogP contribution in [-0.2, 0) is 4.79 Å². The van der Waals surface area contributed by atoms with Gasteiger partial charge < -0.3 is 15.3 Å². The molecule has 2 amide bonds. The second kappa shape index (κ2) is 6.66. The zero-order valence-corrected chi connectivity index (χ0v) is 12.9. The van der Waals surface area contributed by atoms with Gasteiger partial charge in [-0.25, -0.2) is 4.39 Å². The topological polar surface area (TPSA) is 69.6 Å². The summed E-state index contributed by atoms with van der Waals surface area (Å²) in [5.74, 6) is -0.0557. The monoisotopic (exact) mass is 320 g/mol. The van der Waals surface area contributed by atoms with Crippen LogP contribution in [0.15, 0.2) is 24.3 Å². The van der Waals surface area contributed by atoms with Gasteiger partial charge in [-0.1, -0.05) is 0 Å². The number of carbonyl (C=O) groups excluding carboxylic acids is 2. The molecule has 3 unspecified atom stereocenters. The Labute approximate surface area is 134 Å². The third-order valence-corrected chi connectivity index (χ3v) is 4.88. The van der Waals surface area contributed by atoms with E-state index in [2.05, 4.69) is 5.32 Å². The first-order valence-corrected chi connectivity index (χ1v) is 8.02. The Hall–Kier alpha value is -1.95. The molecule has 2 N–H and O–H groups in total. The Balaban J connectivity index is 1.50. The molecule has 1 aliphatic heterocycles. The highest BCUT2D eigenvalue weighted by Gasteiger charge is 2.38. The number of aliphatic hydroxyl groups excluding tert-OH is 1. The fourth-order valence-electron chi connectivity index (χ4n) is 3.58. The maximum absolute atomic E-state index is 12.8. The third-order valence-electron chi connectivity index (χ3n) is 4.88. The summed E-state index contributed by atoms with van der Waals surface area (Å²) in [6, 6.07) is 5.21. The molecule has 1 aliphatic carbocycles. The average Bonchev–Trinajstić information content (AvgIpc) is 2.96. The van der Waals surface area contributed by atoms with Crippen molar-refractivity contribution in [1.82, 2.24) is 10.2 Å². The molecule has 2 fully saturated rings. The molecule has 2 aliphatic rings. The number of rotatable bonds is 3. The second-order valence-corrected chi connectivity index (χ2v) is 6.48. The highest BCUT2D eigenvalue weighted by atomic mass is 19.1. The molecular weight excluding hydrogens is 299 g/mol. The molecule has 1 heterocycles. The molecule has 5 nitrogen and oxygen atoms in total. The van der Waals surface area contributed by atoms with E-state index in [1.165, 1.54) is 24.3 Å². The first kappa shape index (κ1) is 15.9. The van der Waals surface area contributed by atoms with Crippen molar-refractivity contribution in [2.75, 3.05) is 19.6 Å². The number of aliphatic hydroxyl groups is 1. The van der Waals surface area contributed by atoms with Crippen molar-refractivity contribution in [3.63, 3.8) is 0 Å². The van der Waals surface area contributed by atoms with Crippen LogP contribution in [0.5, 0.6) is 0 Å². The zero-order valence-electron chi connectivity index (χ0n) is 12.9. The fourth-order valence-corrected chi connectivity index (χ4v) is 3.58. The van der Waals surface area contributed by atoms with Crippen molar-refractivity contribution >= 4 is 11.8 Å². The number of halogens is 1. The predicted octanol–water partition coefficient (Wildman–Crippen LogP) is 1.17. The van der Waals surface area contributed by atoms with Crippen LogP contribution in [0.25, 0.3) is 0 Å². The summed E-state index contributed by atoms with van der Waals surface area (Å²) >= 11 is 0. The van der Waals surface area contributed by atoms with E-state index in [1.807, 2.05) is 0 Å². The van der Waals surface area contributed by atoms with Gasteiger partial charge in [0.1, 0.15) is 5.82 Å². The molecule has 124 valence electrons. The molecule has 0 bridgehead atoms. The molecule has 0 aromatic heterocycles. The predicted molar refractivity (Wildman–Crippen MR) is 82.2 cm³/mol. The van der Waals surface area contributed by atoms with Crippen LogP contribution < -0.4 is 5.32 Å². The minimum Gasteiger partial charge on any atom is -0.393 e. The van der Waals surface area contributed by atoms with Gasteiger partial charge in [-0.05, 0) is 55.4 Å². The highest BCUT2D eigenvalue weighted by Crippen LogP contribution is 2.36. The maximum atomic E-state index is 12.8. The van der Waals surface area contributed by atoms with Crippen LogP contribution >= 0.6 is 0 Å². The van der Waals surface area contributed by atoms with Gasteiger partial charge in [0.05, 0.1) is 12.6 Å². The molecular formula is C17H21FN2O3. The van der Waals surface area contributed by atoms with Crippen molar-refractivity contribution in [2.24, 2.45) is 11.8 Å². The van der Waals surface area contributed by atoms with E-state index in [4.69, 9.17) is 0 Å². The Kier molecular flexibility index (Phi) is 4.61. The minimum atomic E-state index is -0.403. The van der Waals surface area contributed by atoms with Crippen molar-refractivity contribution in [2.45, 2.75) is 25.4 Å². The number of benzene rings is 1. The number of nitrogens with one attached hydrogen (secondary N) is 1. The van der Waals surface area contributed by atoms with E-state index < -0.39 is 5.82 Å². The third kappa shape index (κ3) is 3.69. The van der Waals surface area contributed by atoms with E-state index in [1.54, 1.807) is 4.90 Å². The lowest BCUT2D eigenvalue weighted by molar-refractivity contribution is -0.129. The van der Waals surface area contributed by atoms with Crippen LogP contribution in [0.2, 0.25) is 0 Å². The van der Waals surface area contributed by atoms with E-state index in [0.717, 1.165) is 19.3 Å². The van der Waals surface area contributed by atoms with Gasteiger partial charge >= 0.3 is 0 Å². The molecule has 1 aromatic rings. The summed E-state index contributed by atoms with van der Waals surface area (Å²) in [6.07, 6.45) is 2.28. The van der Waals surface area contributed by atoms with E-state index in [0.29, 0.717) is 30.5 Å². The largest absolute Gasteiger partial charge is 0.393 e. The van der Waals surface area contributed by atoms with Crippen LogP contribution in [0.4, 0.5) is 4.39 Å². The molecule has 3 atom stereocenters. The Morgan fingerprint density at radius 2 is 1.87 bits per heavy atom. The van der Waals surface area contributed by atoms with Gasteiger partial charge in [-0.3, -0.25) is 9.59 Å². The number of likely N-dealkylation sites (tertiary alicyclic amines) is 1. The number of fused-ring (bicyclic) bond motifs is 1. The molecule has 0 radical (unpaired) electrons. The first-order chi connectivity index (χ1) is 11.0. The highest BCUT2D eigenvalue weighted by molar-refractivity contribution is 5.96. The van der Waals surface area contributed by atoms with Crippen LogP contribution in [0, 0.1) is 17.7 Å². The van der Waals surface area contributed by atoms with Gasteiger partial charge in [-0.15, -0.1) is 0 Å². The normalized spacial score (nSPS) is 26.7. The Morgan fingerprint density at radius 1 is 1.17 bits per heavy atom. The van der Waals surface area contributed by atoms with Gasteiger partial charge in [-0.2, -0.15) is 0 Å². The summed E-state index contributed by atoms with van der Waals surface area (Å²) in [5.41, 5.74) is 0.331. The first-order valence-electron chi connectivity index (χ1n) is 8.02. The quantitative estimate of drug-likeness (QED) is 0.878. The summed E-state index contributed by atoms with van der Waals surface area (Å²) < 4.78 is 12.8. The SMILES string of the molecule is O=C(NCC(=O)N1CC2CCC(O)CC2C1)c1ccc(F)cc1. The second-order valence-electron chi connectivity index (χ2n) is 6.48. The Morgan fingerprint density at radius 3 is 2.61 bits per heavy atom. The minimum absolute atomic E-state index is 0.0573. The van der Waals surface area contributed by atoms with Gasteiger partial charge in [0.25, 0.3) is 5.91 Å². The molecule has 6 heteroatoms. The van der Waals surface area contributed by atoms with E-state index in [9.17, 15) is 19.1 Å². The number of hydrogen-bond donors (Lipinski definition) is 2. The van der Waals surface area contributed by atoms with Gasteiger partial charge in [0.15, 0.2) is 0 Å². The summed E-state index contributed by atoms with van der Waals surface area (Å²) in [5, 5.41) is 12.3. The van der Waals surface area contributed by atoms with Crippen molar-refractivity contribution < 1.29 is 19.1 Å². The average molecular weight is 320 g/mol. The fraction of sp³-hybridized carbons (Fsp3) is 0.529. The Bertz CT molecular complexity index is 590. The smallest absolute Gasteiger partial charge is 0.251 e. The lowest BCUT2D eigenvalue weighted by Crippen LogP contribution is -2.39. The van der Waals surface area contributed by atoms with E-state index in [-0.39, 0.29) is 24.5 Å². The molecule has 3 rings (SSSR count). The van der Waals surface area contributed by atoms with Gasteiger partial charge in [0, 0.05) is 18.7 Å². The molecule has 1 saturated carbocycles. The lowest BCUT2D eigenvalue weighted by atomic mass is 9.80. The number of carbonyl (C=O) groups is 2. The van der Waals surface area contributed by atoms with Crippen molar-refractivity contribution in [3.05, 3.63) is 35.6 Å². The summed E-state index contributed by atoms with van der Waals surface area (Å²) in [7, 11) is 0. The maximum Gasteiger partial charge on any atom is 0.251 e. The zero-order chi connectivity index (χ0) is 16.4. The van der Waals surface area contributed by atoms with Crippen LogP contribution in [-0.4, -0.2) is 47.6 Å². The van der Waals surface area contributed by atoms with Crippen LogP contribution in [0.3, 0.4) is 0 Å². The van der Waals surface area contributed by atoms with Crippen molar-refractivity contribution in [3.8, 4) is 0 Å². The number of hydrogen-bond acceptors (Lipinski definition) is 3. The molecule has 1 aromatic carbocycles. The lowest BCUT2D eigenvalue weighted by Gasteiger charge is -2.27. The standard InChI is InChI=1S/C17H21FN2O3/c18-14-4-1-11(2-5-14)17(23)19-8-16(22)20-9-12-3-6-15(21)7-13(12)10-20/h1-2,4-5,12-13,15,21H,3,6-10H2,(H,19,23). The van der Waals surface area contributed by atoms with E-state index >= 15 is 0 Å². The number of amides is 2. The summed E-state index contributed by atoms with van der Waals surface area (Å²) in [4.78, 5) is 26.0. The number of nitrogens with zero attached hydrogens (tertiary/aromatic N) is 1. The van der Waals surface area contributed by atoms with Crippen LogP contribution in [0.1, 0.15) is 29.6 Å². The summed E-state index contributed by atoms with van der Waals surface area (Å²) in [6.45, 7) is 1.31. The molecule has 23 heavy (non-hydrogen) atoms.